The Kier molecular flexibility index (Phi) is 4.53. The number of hydrogen-bond donors (Lipinski definition) is 2. The summed E-state index contributed by atoms with van der Waals surface area (Å²) in [4.78, 5) is 17.5. The largest absolute Gasteiger partial charge is 0.479 e. The quantitative estimate of drug-likeness (QED) is 0.769. The molecule has 0 aliphatic carbocycles. The summed E-state index contributed by atoms with van der Waals surface area (Å²) in [7, 11) is 3.36. The minimum Gasteiger partial charge on any atom is -0.479 e. The van der Waals surface area contributed by atoms with Crippen molar-refractivity contribution in [1.82, 2.24) is 4.98 Å². The summed E-state index contributed by atoms with van der Waals surface area (Å²) in [6, 6.07) is 1.62. The lowest BCUT2D eigenvalue weighted by Gasteiger charge is -2.20. The van der Waals surface area contributed by atoms with Gasteiger partial charge >= 0.3 is 0 Å². The molecular formula is C12H18N4O2. The molecule has 0 unspecified atom stereocenters. The fraction of sp³-hybridized carbons (Fsp3) is 0.333. The predicted molar refractivity (Wildman–Crippen MR) is 73.0 cm³/mol. The van der Waals surface area contributed by atoms with Crippen molar-refractivity contribution in [2.75, 3.05) is 36.7 Å². The lowest BCUT2D eigenvalue weighted by atomic mass is 10.3. The number of anilines is 3. The van der Waals surface area contributed by atoms with E-state index in [0.717, 1.165) is 6.54 Å². The van der Waals surface area contributed by atoms with Gasteiger partial charge in [-0.25, -0.2) is 0 Å². The molecule has 0 saturated heterocycles. The van der Waals surface area contributed by atoms with E-state index in [0.29, 0.717) is 23.1 Å². The third-order valence-electron chi connectivity index (χ3n) is 2.47. The number of hydrogen-bond acceptors (Lipinski definition) is 5. The number of nitrogens with one attached hydrogen (secondary N) is 1. The molecule has 6 heteroatoms. The van der Waals surface area contributed by atoms with E-state index in [1.54, 1.807) is 6.07 Å². The fourth-order valence-electron chi connectivity index (χ4n) is 1.38. The second kappa shape index (κ2) is 5.90. The first-order valence-electron chi connectivity index (χ1n) is 5.52. The van der Waals surface area contributed by atoms with Gasteiger partial charge in [-0.3, -0.25) is 4.79 Å². The van der Waals surface area contributed by atoms with Crippen LogP contribution in [0.15, 0.2) is 18.7 Å². The van der Waals surface area contributed by atoms with Crippen LogP contribution < -0.4 is 20.7 Å². The zero-order chi connectivity index (χ0) is 13.7. The lowest BCUT2D eigenvalue weighted by molar-refractivity contribution is -0.111. The molecule has 0 aromatic carbocycles. The third-order valence-corrected chi connectivity index (χ3v) is 2.47. The van der Waals surface area contributed by atoms with Gasteiger partial charge in [-0.1, -0.05) is 6.58 Å². The van der Waals surface area contributed by atoms with E-state index in [9.17, 15) is 4.79 Å². The average molecular weight is 250 g/mol. The maximum atomic E-state index is 11.4. The molecule has 6 nitrogen and oxygen atoms in total. The second-order valence-corrected chi connectivity index (χ2v) is 3.67. The Morgan fingerprint density at radius 1 is 1.72 bits per heavy atom. The molecule has 0 spiro atoms. The van der Waals surface area contributed by atoms with E-state index in [1.807, 2.05) is 18.9 Å². The van der Waals surface area contributed by atoms with Crippen LogP contribution in [0.2, 0.25) is 0 Å². The molecule has 3 N–H and O–H groups in total. The minimum atomic E-state index is -0.313. The molecule has 18 heavy (non-hydrogen) atoms. The third kappa shape index (κ3) is 2.91. The molecule has 0 bridgehead atoms. The normalized spacial score (nSPS) is 9.72. The summed E-state index contributed by atoms with van der Waals surface area (Å²) in [6.45, 7) is 6.11. The van der Waals surface area contributed by atoms with E-state index in [-0.39, 0.29) is 5.91 Å². The lowest BCUT2D eigenvalue weighted by Crippen LogP contribution is -2.21. The zero-order valence-electron chi connectivity index (χ0n) is 10.9. The number of nitrogen functional groups attached to an aromatic ring is 1. The summed E-state index contributed by atoms with van der Waals surface area (Å²) in [5, 5.41) is 2.67. The molecule has 0 aliphatic heterocycles. The summed E-state index contributed by atoms with van der Waals surface area (Å²) < 4.78 is 5.07. The van der Waals surface area contributed by atoms with E-state index < -0.39 is 0 Å². The van der Waals surface area contributed by atoms with Crippen molar-refractivity contribution in [3.8, 4) is 5.88 Å². The maximum absolute atomic E-state index is 11.4. The molecule has 0 saturated carbocycles. The van der Waals surface area contributed by atoms with Crippen molar-refractivity contribution in [3.05, 3.63) is 18.7 Å². The molecule has 0 fully saturated rings. The number of methoxy groups -OCH3 is 1. The van der Waals surface area contributed by atoms with Crippen LogP contribution in [-0.2, 0) is 4.79 Å². The number of pyridine rings is 1. The highest BCUT2D eigenvalue weighted by molar-refractivity contribution is 6.01. The molecule has 0 atom stereocenters. The van der Waals surface area contributed by atoms with E-state index >= 15 is 0 Å². The average Bonchev–Trinajstić information content (AvgIpc) is 2.38. The number of rotatable bonds is 5. The number of nitrogens with two attached hydrogens (primary N) is 1. The number of nitrogens with zero attached hydrogens (tertiary/aromatic N) is 2. The number of amides is 1. The Bertz CT molecular complexity index is 460. The van der Waals surface area contributed by atoms with Gasteiger partial charge in [-0.15, -0.1) is 0 Å². The van der Waals surface area contributed by atoms with Gasteiger partial charge in [-0.05, 0) is 19.1 Å². The highest BCUT2D eigenvalue weighted by Gasteiger charge is 2.14. The highest BCUT2D eigenvalue weighted by atomic mass is 16.5. The van der Waals surface area contributed by atoms with Gasteiger partial charge in [-0.2, -0.15) is 4.98 Å². The molecule has 0 aliphatic rings. The molecule has 0 radical (unpaired) electrons. The van der Waals surface area contributed by atoms with Crippen LogP contribution in [0.5, 0.6) is 5.88 Å². The number of ether oxygens (including phenoxy) is 1. The molecule has 98 valence electrons. The number of carbonyl (C=O) groups is 1. The summed E-state index contributed by atoms with van der Waals surface area (Å²) >= 11 is 0. The molecule has 1 amide bonds. The number of aromatic nitrogens is 1. The first-order valence-corrected chi connectivity index (χ1v) is 5.52. The SMILES string of the molecule is C=CC(=O)Nc1cc(N)c(OC)nc1N(C)CC. The summed E-state index contributed by atoms with van der Waals surface area (Å²) in [5.41, 5.74) is 6.67. The Hall–Kier alpha value is -2.24. The second-order valence-electron chi connectivity index (χ2n) is 3.67. The van der Waals surface area contributed by atoms with Crippen molar-refractivity contribution in [1.29, 1.82) is 0 Å². The van der Waals surface area contributed by atoms with Gasteiger partial charge in [0, 0.05) is 13.6 Å². The Morgan fingerprint density at radius 2 is 2.39 bits per heavy atom. The van der Waals surface area contributed by atoms with Crippen molar-refractivity contribution in [2.45, 2.75) is 6.92 Å². The van der Waals surface area contributed by atoms with Crippen LogP contribution in [-0.4, -0.2) is 31.6 Å². The van der Waals surface area contributed by atoms with E-state index in [4.69, 9.17) is 10.5 Å². The van der Waals surface area contributed by atoms with E-state index in [2.05, 4.69) is 16.9 Å². The van der Waals surface area contributed by atoms with Crippen LogP contribution in [0.3, 0.4) is 0 Å². The monoisotopic (exact) mass is 250 g/mol. The van der Waals surface area contributed by atoms with Crippen molar-refractivity contribution < 1.29 is 9.53 Å². The molecular weight excluding hydrogens is 232 g/mol. The van der Waals surface area contributed by atoms with Gasteiger partial charge < -0.3 is 20.7 Å². The summed E-state index contributed by atoms with van der Waals surface area (Å²) in [5.74, 6) is 0.618. The predicted octanol–water partition coefficient (Wildman–Crippen LogP) is 1.25. The minimum absolute atomic E-state index is 0.313. The zero-order valence-corrected chi connectivity index (χ0v) is 10.9. The van der Waals surface area contributed by atoms with Gasteiger partial charge in [0.15, 0.2) is 5.82 Å². The first kappa shape index (κ1) is 13.8. The van der Waals surface area contributed by atoms with Crippen LogP contribution in [0.1, 0.15) is 6.92 Å². The fourth-order valence-corrected chi connectivity index (χ4v) is 1.38. The first-order chi connectivity index (χ1) is 8.53. The van der Waals surface area contributed by atoms with Crippen LogP contribution in [0.25, 0.3) is 0 Å². The molecule has 1 aromatic rings. The Morgan fingerprint density at radius 3 is 2.89 bits per heavy atom. The highest BCUT2D eigenvalue weighted by Crippen LogP contribution is 2.31. The van der Waals surface area contributed by atoms with Crippen molar-refractivity contribution >= 4 is 23.1 Å². The van der Waals surface area contributed by atoms with E-state index in [1.165, 1.54) is 13.2 Å². The Balaban J connectivity index is 3.24. The maximum Gasteiger partial charge on any atom is 0.247 e. The van der Waals surface area contributed by atoms with Crippen LogP contribution in [0, 0.1) is 0 Å². The molecule has 1 heterocycles. The molecule has 1 rings (SSSR count). The van der Waals surface area contributed by atoms with Crippen LogP contribution in [0.4, 0.5) is 17.2 Å². The summed E-state index contributed by atoms with van der Waals surface area (Å²) in [6.07, 6.45) is 1.19. The van der Waals surface area contributed by atoms with Gasteiger partial charge in [0.25, 0.3) is 0 Å². The number of carbonyl (C=O) groups excluding carboxylic acids is 1. The topological polar surface area (TPSA) is 80.5 Å². The van der Waals surface area contributed by atoms with Crippen LogP contribution >= 0.6 is 0 Å². The smallest absolute Gasteiger partial charge is 0.247 e. The molecule has 1 aromatic heterocycles. The Labute approximate surface area is 106 Å². The standard InChI is InChI=1S/C12H18N4O2/c1-5-10(17)14-9-7-8(13)12(18-4)15-11(9)16(3)6-2/h5,7H,1,6,13H2,2-4H3,(H,14,17). The van der Waals surface area contributed by atoms with Gasteiger partial charge in [0.05, 0.1) is 18.5 Å². The van der Waals surface area contributed by atoms with Crippen molar-refractivity contribution in [2.24, 2.45) is 0 Å². The van der Waals surface area contributed by atoms with Gasteiger partial charge in [0.1, 0.15) is 0 Å². The van der Waals surface area contributed by atoms with Crippen molar-refractivity contribution in [3.63, 3.8) is 0 Å². The van der Waals surface area contributed by atoms with Gasteiger partial charge in [0.2, 0.25) is 11.8 Å².